The summed E-state index contributed by atoms with van der Waals surface area (Å²) in [6.07, 6.45) is 0. The Morgan fingerprint density at radius 2 is 2.12 bits per heavy atom. The number of anilines is 1. The average Bonchev–Trinajstić information content (AvgIpc) is 3.03. The third-order valence-electron chi connectivity index (χ3n) is 3.93. The largest absolute Gasteiger partial charge is 0.377 e. The first-order valence-electron chi connectivity index (χ1n) is 7.67. The minimum absolute atomic E-state index is 0.352. The zero-order valence-corrected chi connectivity index (χ0v) is 14.2. The second-order valence-corrected chi connectivity index (χ2v) is 6.01. The minimum Gasteiger partial charge on any atom is -0.377 e. The van der Waals surface area contributed by atoms with Crippen LogP contribution in [-0.2, 0) is 17.9 Å². The second-order valence-electron chi connectivity index (χ2n) is 5.57. The van der Waals surface area contributed by atoms with Crippen molar-refractivity contribution in [3.8, 4) is 6.07 Å². The molecule has 1 aromatic heterocycles. The standard InChI is InChI=1S/C16H18ClN5O2/c1-23-11-15-19-16(24-20-15)10-21-4-6-22(7-5-21)14-3-2-13(17)8-12(14)9-18/h2-3,8H,4-7,10-11H2,1H3. The highest BCUT2D eigenvalue weighted by Crippen LogP contribution is 2.25. The van der Waals surface area contributed by atoms with Crippen molar-refractivity contribution in [2.24, 2.45) is 0 Å². The third kappa shape index (κ3) is 3.85. The summed E-state index contributed by atoms with van der Waals surface area (Å²) in [6, 6.07) is 7.65. The lowest BCUT2D eigenvalue weighted by atomic mass is 10.1. The number of aromatic nitrogens is 2. The van der Waals surface area contributed by atoms with Gasteiger partial charge in [-0.1, -0.05) is 16.8 Å². The average molecular weight is 348 g/mol. The first-order chi connectivity index (χ1) is 11.7. The molecule has 0 saturated carbocycles. The fraction of sp³-hybridized carbons (Fsp3) is 0.438. The highest BCUT2D eigenvalue weighted by Gasteiger charge is 2.21. The summed E-state index contributed by atoms with van der Waals surface area (Å²) in [7, 11) is 1.60. The molecule has 0 bridgehead atoms. The molecule has 0 N–H and O–H groups in total. The van der Waals surface area contributed by atoms with E-state index in [0.29, 0.717) is 35.5 Å². The topological polar surface area (TPSA) is 78.4 Å². The van der Waals surface area contributed by atoms with Gasteiger partial charge in [-0.05, 0) is 18.2 Å². The van der Waals surface area contributed by atoms with E-state index in [-0.39, 0.29) is 0 Å². The first kappa shape index (κ1) is 16.7. The van der Waals surface area contributed by atoms with E-state index in [0.717, 1.165) is 31.9 Å². The van der Waals surface area contributed by atoms with Gasteiger partial charge in [0.25, 0.3) is 0 Å². The molecule has 2 heterocycles. The Hall–Kier alpha value is -2.14. The monoisotopic (exact) mass is 347 g/mol. The molecule has 0 amide bonds. The molecule has 3 rings (SSSR count). The smallest absolute Gasteiger partial charge is 0.240 e. The lowest BCUT2D eigenvalue weighted by Gasteiger charge is -2.35. The van der Waals surface area contributed by atoms with E-state index >= 15 is 0 Å². The molecular formula is C16H18ClN5O2. The number of nitrogens with zero attached hydrogens (tertiary/aromatic N) is 5. The van der Waals surface area contributed by atoms with Crippen LogP contribution in [0.25, 0.3) is 0 Å². The van der Waals surface area contributed by atoms with Crippen LogP contribution in [0.5, 0.6) is 0 Å². The van der Waals surface area contributed by atoms with Crippen LogP contribution in [0.15, 0.2) is 22.7 Å². The molecule has 1 aliphatic heterocycles. The van der Waals surface area contributed by atoms with Gasteiger partial charge >= 0.3 is 0 Å². The Morgan fingerprint density at radius 1 is 1.33 bits per heavy atom. The van der Waals surface area contributed by atoms with E-state index in [9.17, 15) is 5.26 Å². The Kier molecular flexibility index (Phi) is 5.30. The van der Waals surface area contributed by atoms with Gasteiger partial charge in [-0.3, -0.25) is 4.90 Å². The number of ether oxygens (including phenoxy) is 1. The van der Waals surface area contributed by atoms with Crippen molar-refractivity contribution in [3.05, 3.63) is 40.5 Å². The molecule has 0 aliphatic carbocycles. The summed E-state index contributed by atoms with van der Waals surface area (Å²) in [5.74, 6) is 1.16. The number of hydrogen-bond acceptors (Lipinski definition) is 7. The highest BCUT2D eigenvalue weighted by atomic mass is 35.5. The van der Waals surface area contributed by atoms with Gasteiger partial charge in [-0.2, -0.15) is 10.2 Å². The molecule has 2 aromatic rings. The number of benzene rings is 1. The summed E-state index contributed by atoms with van der Waals surface area (Å²) < 4.78 is 10.2. The van der Waals surface area contributed by atoms with E-state index in [1.807, 2.05) is 12.1 Å². The minimum atomic E-state index is 0.352. The molecule has 0 spiro atoms. The molecular weight excluding hydrogens is 330 g/mol. The van der Waals surface area contributed by atoms with Gasteiger partial charge in [0.2, 0.25) is 5.89 Å². The molecule has 1 saturated heterocycles. The Morgan fingerprint density at radius 3 is 2.83 bits per heavy atom. The van der Waals surface area contributed by atoms with Gasteiger partial charge in [-0.25, -0.2) is 0 Å². The molecule has 7 nitrogen and oxygen atoms in total. The van der Waals surface area contributed by atoms with Crippen LogP contribution in [0.2, 0.25) is 5.02 Å². The number of hydrogen-bond donors (Lipinski definition) is 0. The van der Waals surface area contributed by atoms with Crippen molar-refractivity contribution in [1.82, 2.24) is 15.0 Å². The Balaban J connectivity index is 1.58. The predicted molar refractivity (Wildman–Crippen MR) is 88.7 cm³/mol. The zero-order valence-electron chi connectivity index (χ0n) is 13.4. The van der Waals surface area contributed by atoms with Gasteiger partial charge in [-0.15, -0.1) is 0 Å². The summed E-state index contributed by atoms with van der Waals surface area (Å²) >= 11 is 5.96. The van der Waals surface area contributed by atoms with Crippen LogP contribution < -0.4 is 4.90 Å². The van der Waals surface area contributed by atoms with Crippen LogP contribution in [0.4, 0.5) is 5.69 Å². The maximum absolute atomic E-state index is 9.28. The van der Waals surface area contributed by atoms with Crippen molar-refractivity contribution in [2.45, 2.75) is 13.2 Å². The Bertz CT molecular complexity index is 734. The quantitative estimate of drug-likeness (QED) is 0.819. The second kappa shape index (κ2) is 7.62. The lowest BCUT2D eigenvalue weighted by molar-refractivity contribution is 0.174. The number of methoxy groups -OCH3 is 1. The molecule has 24 heavy (non-hydrogen) atoms. The first-order valence-corrected chi connectivity index (χ1v) is 8.04. The van der Waals surface area contributed by atoms with Crippen LogP contribution in [0.1, 0.15) is 17.3 Å². The Labute approximate surface area is 145 Å². The molecule has 1 aromatic carbocycles. The van der Waals surface area contributed by atoms with Crippen LogP contribution in [0.3, 0.4) is 0 Å². The predicted octanol–water partition coefficient (Wildman–Crippen LogP) is 2.06. The number of rotatable bonds is 5. The van der Waals surface area contributed by atoms with Crippen molar-refractivity contribution in [2.75, 3.05) is 38.2 Å². The van der Waals surface area contributed by atoms with Gasteiger partial charge in [0.15, 0.2) is 5.82 Å². The molecule has 0 atom stereocenters. The lowest BCUT2D eigenvalue weighted by Crippen LogP contribution is -2.46. The summed E-state index contributed by atoms with van der Waals surface area (Å²) in [6.45, 7) is 4.34. The molecule has 8 heteroatoms. The summed E-state index contributed by atoms with van der Waals surface area (Å²) in [5, 5.41) is 13.7. The van der Waals surface area contributed by atoms with E-state index in [4.69, 9.17) is 20.9 Å². The van der Waals surface area contributed by atoms with E-state index < -0.39 is 0 Å². The molecule has 0 radical (unpaired) electrons. The van der Waals surface area contributed by atoms with Crippen molar-refractivity contribution < 1.29 is 9.26 Å². The fourth-order valence-electron chi connectivity index (χ4n) is 2.75. The molecule has 1 aliphatic rings. The van der Waals surface area contributed by atoms with Gasteiger partial charge in [0.05, 0.1) is 17.8 Å². The SMILES string of the molecule is COCc1noc(CN2CCN(c3ccc(Cl)cc3C#N)CC2)n1. The maximum Gasteiger partial charge on any atom is 0.240 e. The van der Waals surface area contributed by atoms with Crippen molar-refractivity contribution in [1.29, 1.82) is 5.26 Å². The fourth-order valence-corrected chi connectivity index (χ4v) is 2.93. The normalized spacial score (nSPS) is 15.5. The molecule has 1 fully saturated rings. The van der Waals surface area contributed by atoms with Crippen LogP contribution in [-0.4, -0.2) is 48.3 Å². The summed E-state index contributed by atoms with van der Waals surface area (Å²) in [4.78, 5) is 8.75. The van der Waals surface area contributed by atoms with Gasteiger partial charge < -0.3 is 14.2 Å². The van der Waals surface area contributed by atoms with E-state index in [1.54, 1.807) is 13.2 Å². The van der Waals surface area contributed by atoms with Crippen LogP contribution >= 0.6 is 11.6 Å². The van der Waals surface area contributed by atoms with Crippen molar-refractivity contribution in [3.63, 3.8) is 0 Å². The van der Waals surface area contributed by atoms with Crippen molar-refractivity contribution >= 4 is 17.3 Å². The molecule has 0 unspecified atom stereocenters. The molecule has 126 valence electrons. The third-order valence-corrected chi connectivity index (χ3v) is 4.17. The highest BCUT2D eigenvalue weighted by molar-refractivity contribution is 6.30. The number of piperazine rings is 1. The van der Waals surface area contributed by atoms with E-state index in [1.165, 1.54) is 0 Å². The number of nitriles is 1. The summed E-state index contributed by atoms with van der Waals surface area (Å²) in [5.41, 5.74) is 1.54. The number of halogens is 1. The van der Waals surface area contributed by atoms with Gasteiger partial charge in [0, 0.05) is 38.3 Å². The van der Waals surface area contributed by atoms with Gasteiger partial charge in [0.1, 0.15) is 12.7 Å². The van der Waals surface area contributed by atoms with E-state index in [2.05, 4.69) is 26.0 Å². The maximum atomic E-state index is 9.28. The zero-order chi connectivity index (χ0) is 16.9. The van der Waals surface area contributed by atoms with Crippen LogP contribution in [0, 0.1) is 11.3 Å².